The third-order valence-electron chi connectivity index (χ3n) is 4.36. The van der Waals surface area contributed by atoms with Crippen LogP contribution in [-0.2, 0) is 0 Å². The topological polar surface area (TPSA) is 3.24 Å². The molecule has 0 bridgehead atoms. The van der Waals surface area contributed by atoms with Gasteiger partial charge in [0.05, 0.1) is 0 Å². The molecule has 1 saturated heterocycles. The molecule has 0 N–H and O–H groups in total. The second-order valence-corrected chi connectivity index (χ2v) is 6.43. The quantitative estimate of drug-likeness (QED) is 0.588. The molecule has 0 unspecified atom stereocenters. The summed E-state index contributed by atoms with van der Waals surface area (Å²) in [7, 11) is 0. The summed E-state index contributed by atoms with van der Waals surface area (Å²) in [5.41, 5.74) is 0. The molecule has 17 heavy (non-hydrogen) atoms. The summed E-state index contributed by atoms with van der Waals surface area (Å²) in [4.78, 5) is 2.74. The predicted octanol–water partition coefficient (Wildman–Crippen LogP) is 4.57. The molecule has 0 aromatic heterocycles. The minimum absolute atomic E-state index is 0.878. The molecule has 0 aromatic rings. The molecule has 1 heteroatoms. The molecule has 0 amide bonds. The van der Waals surface area contributed by atoms with Crippen LogP contribution in [0.3, 0.4) is 0 Å². The van der Waals surface area contributed by atoms with Gasteiger partial charge < -0.3 is 4.90 Å². The lowest BCUT2D eigenvalue weighted by molar-refractivity contribution is 0.117. The highest BCUT2D eigenvalue weighted by Crippen LogP contribution is 2.26. The SMILES string of the molecule is CC[C@@H]1C[C@H](CC)CN(CCCCC(C)C)C1. The Hall–Kier alpha value is -0.0400. The van der Waals surface area contributed by atoms with Crippen molar-refractivity contribution in [1.29, 1.82) is 0 Å². The molecule has 1 nitrogen and oxygen atoms in total. The van der Waals surface area contributed by atoms with Gasteiger partial charge in [0.2, 0.25) is 0 Å². The first-order valence-electron chi connectivity index (χ1n) is 7.88. The predicted molar refractivity (Wildman–Crippen MR) is 77.3 cm³/mol. The van der Waals surface area contributed by atoms with Crippen LogP contribution in [-0.4, -0.2) is 24.5 Å². The molecule has 1 fully saturated rings. The van der Waals surface area contributed by atoms with Crippen LogP contribution in [0.25, 0.3) is 0 Å². The molecule has 0 saturated carbocycles. The molecule has 102 valence electrons. The van der Waals surface area contributed by atoms with E-state index in [4.69, 9.17) is 0 Å². The number of piperidine rings is 1. The Labute approximate surface area is 109 Å². The van der Waals surface area contributed by atoms with E-state index in [0.717, 1.165) is 17.8 Å². The van der Waals surface area contributed by atoms with Crippen LogP contribution in [0.15, 0.2) is 0 Å². The second kappa shape index (κ2) is 8.13. The van der Waals surface area contributed by atoms with Gasteiger partial charge in [-0.25, -0.2) is 0 Å². The lowest BCUT2D eigenvalue weighted by Crippen LogP contribution is -2.40. The Morgan fingerprint density at radius 1 is 1.00 bits per heavy atom. The second-order valence-electron chi connectivity index (χ2n) is 6.43. The maximum Gasteiger partial charge on any atom is 0.000978 e. The van der Waals surface area contributed by atoms with E-state index >= 15 is 0 Å². The highest BCUT2D eigenvalue weighted by atomic mass is 15.1. The fraction of sp³-hybridized carbons (Fsp3) is 1.00. The van der Waals surface area contributed by atoms with Crippen LogP contribution in [0.4, 0.5) is 0 Å². The minimum atomic E-state index is 0.878. The number of nitrogens with zero attached hydrogens (tertiary/aromatic N) is 1. The fourth-order valence-electron chi connectivity index (χ4n) is 3.09. The lowest BCUT2D eigenvalue weighted by atomic mass is 9.86. The normalized spacial score (nSPS) is 26.6. The number of unbranched alkanes of at least 4 members (excludes halogenated alkanes) is 1. The van der Waals surface area contributed by atoms with E-state index in [0.29, 0.717) is 0 Å². The van der Waals surface area contributed by atoms with Crippen LogP contribution in [0.1, 0.15) is 66.2 Å². The number of rotatable bonds is 7. The van der Waals surface area contributed by atoms with Crippen LogP contribution in [0.2, 0.25) is 0 Å². The van der Waals surface area contributed by atoms with E-state index in [9.17, 15) is 0 Å². The lowest BCUT2D eigenvalue weighted by Gasteiger charge is -2.37. The van der Waals surface area contributed by atoms with Gasteiger partial charge in [0.1, 0.15) is 0 Å². The van der Waals surface area contributed by atoms with Crippen molar-refractivity contribution < 1.29 is 0 Å². The van der Waals surface area contributed by atoms with Gasteiger partial charge in [-0.2, -0.15) is 0 Å². The summed E-state index contributed by atoms with van der Waals surface area (Å²) < 4.78 is 0. The van der Waals surface area contributed by atoms with Crippen molar-refractivity contribution in [2.75, 3.05) is 19.6 Å². The summed E-state index contributed by atoms with van der Waals surface area (Å²) in [6, 6.07) is 0. The zero-order chi connectivity index (χ0) is 12.7. The smallest absolute Gasteiger partial charge is 0.000978 e. The van der Waals surface area contributed by atoms with Crippen molar-refractivity contribution >= 4 is 0 Å². The first-order chi connectivity index (χ1) is 8.15. The highest BCUT2D eigenvalue weighted by molar-refractivity contribution is 4.77. The fourth-order valence-corrected chi connectivity index (χ4v) is 3.09. The van der Waals surface area contributed by atoms with E-state index in [2.05, 4.69) is 32.6 Å². The molecule has 2 atom stereocenters. The van der Waals surface area contributed by atoms with Gasteiger partial charge in [0, 0.05) is 13.1 Å². The Kier molecular flexibility index (Phi) is 7.18. The van der Waals surface area contributed by atoms with Crippen LogP contribution >= 0.6 is 0 Å². The summed E-state index contributed by atoms with van der Waals surface area (Å²) in [5.74, 6) is 2.82. The van der Waals surface area contributed by atoms with Crippen LogP contribution < -0.4 is 0 Å². The summed E-state index contributed by atoms with van der Waals surface area (Å²) in [6.07, 6.45) is 8.46. The van der Waals surface area contributed by atoms with E-state index < -0.39 is 0 Å². The Bertz CT molecular complexity index is 176. The van der Waals surface area contributed by atoms with Crippen molar-refractivity contribution in [3.8, 4) is 0 Å². The monoisotopic (exact) mass is 239 g/mol. The van der Waals surface area contributed by atoms with Gasteiger partial charge >= 0.3 is 0 Å². The first-order valence-corrected chi connectivity index (χ1v) is 7.88. The molecule has 1 aliphatic rings. The van der Waals surface area contributed by atoms with E-state index in [-0.39, 0.29) is 0 Å². The maximum absolute atomic E-state index is 2.74. The minimum Gasteiger partial charge on any atom is -0.303 e. The van der Waals surface area contributed by atoms with Gasteiger partial charge in [0.25, 0.3) is 0 Å². The summed E-state index contributed by atoms with van der Waals surface area (Å²) in [5, 5.41) is 0. The van der Waals surface area contributed by atoms with Crippen molar-refractivity contribution in [3.63, 3.8) is 0 Å². The first kappa shape index (κ1) is 15.0. The highest BCUT2D eigenvalue weighted by Gasteiger charge is 2.24. The van der Waals surface area contributed by atoms with Crippen LogP contribution in [0, 0.1) is 17.8 Å². The molecule has 1 rings (SSSR count). The Morgan fingerprint density at radius 2 is 1.59 bits per heavy atom. The molecule has 0 radical (unpaired) electrons. The molecule has 1 aliphatic heterocycles. The van der Waals surface area contributed by atoms with E-state index in [1.165, 1.54) is 58.2 Å². The van der Waals surface area contributed by atoms with Gasteiger partial charge in [-0.1, -0.05) is 53.4 Å². The Balaban J connectivity index is 2.22. The number of hydrogen-bond acceptors (Lipinski definition) is 1. The average molecular weight is 239 g/mol. The third-order valence-corrected chi connectivity index (χ3v) is 4.36. The largest absolute Gasteiger partial charge is 0.303 e. The van der Waals surface area contributed by atoms with Crippen molar-refractivity contribution in [2.45, 2.75) is 66.2 Å². The molecule has 1 heterocycles. The third kappa shape index (κ3) is 5.90. The van der Waals surface area contributed by atoms with Gasteiger partial charge in [-0.3, -0.25) is 0 Å². The zero-order valence-corrected chi connectivity index (χ0v) is 12.5. The van der Waals surface area contributed by atoms with E-state index in [1.54, 1.807) is 0 Å². The molecular formula is C16H33N. The molecule has 0 spiro atoms. The van der Waals surface area contributed by atoms with Gasteiger partial charge in [-0.05, 0) is 37.1 Å². The summed E-state index contributed by atoms with van der Waals surface area (Å²) in [6.45, 7) is 13.5. The van der Waals surface area contributed by atoms with Crippen molar-refractivity contribution in [2.24, 2.45) is 17.8 Å². The summed E-state index contributed by atoms with van der Waals surface area (Å²) >= 11 is 0. The number of hydrogen-bond donors (Lipinski definition) is 0. The molecule has 0 aliphatic carbocycles. The van der Waals surface area contributed by atoms with Gasteiger partial charge in [0.15, 0.2) is 0 Å². The average Bonchev–Trinajstić information content (AvgIpc) is 2.34. The zero-order valence-electron chi connectivity index (χ0n) is 12.5. The molecule has 0 aromatic carbocycles. The van der Waals surface area contributed by atoms with Gasteiger partial charge in [-0.15, -0.1) is 0 Å². The van der Waals surface area contributed by atoms with Crippen LogP contribution in [0.5, 0.6) is 0 Å². The van der Waals surface area contributed by atoms with Crippen molar-refractivity contribution in [3.05, 3.63) is 0 Å². The Morgan fingerprint density at radius 3 is 2.06 bits per heavy atom. The molecular weight excluding hydrogens is 206 g/mol. The maximum atomic E-state index is 2.74. The number of likely N-dealkylation sites (tertiary alicyclic amines) is 1. The van der Waals surface area contributed by atoms with E-state index in [1.807, 2.05) is 0 Å². The standard InChI is InChI=1S/C16H33N/c1-5-15-11-16(6-2)13-17(12-15)10-8-7-9-14(3)4/h14-16H,5-13H2,1-4H3/t15-,16+. The van der Waals surface area contributed by atoms with Crippen molar-refractivity contribution in [1.82, 2.24) is 4.90 Å².